The zero-order chi connectivity index (χ0) is 24.8. The first kappa shape index (κ1) is 30.1. The molecule has 2 unspecified atom stereocenters. The van der Waals surface area contributed by atoms with Crippen molar-refractivity contribution >= 4 is 0 Å². The number of nitrogens with zero attached hydrogens (tertiary/aromatic N) is 2. The summed E-state index contributed by atoms with van der Waals surface area (Å²) in [6.45, 7) is 15.9. The number of hydrogen-bond acceptors (Lipinski definition) is 4. The molecule has 0 saturated heterocycles. The van der Waals surface area contributed by atoms with Crippen molar-refractivity contribution in [2.45, 2.75) is 74.0 Å². The molecule has 3 aromatic rings. The van der Waals surface area contributed by atoms with Crippen LogP contribution in [0.2, 0.25) is 0 Å². The van der Waals surface area contributed by atoms with Crippen molar-refractivity contribution in [3.05, 3.63) is 72.1 Å². The van der Waals surface area contributed by atoms with Crippen molar-refractivity contribution in [2.75, 3.05) is 0 Å². The van der Waals surface area contributed by atoms with Crippen molar-refractivity contribution in [3.63, 3.8) is 0 Å². The number of aliphatic hydroxyl groups is 2. The Morgan fingerprint density at radius 3 is 1.68 bits per heavy atom. The molecule has 1 heterocycles. The fraction of sp³-hybridized carbons (Fsp3) is 0.448. The van der Waals surface area contributed by atoms with E-state index in [2.05, 4.69) is 18.2 Å². The standard InChI is InChI=1S/C18H15N2.C11H24O2.Ir/c1-13-17(15-9-5-3-6-10-15)20-14(2)18(19-13)16-11-7-4-8-12-16;1-10(2,3)8(12)7-9(13)11(4,5)6;/h3-11H,1-2H3;8-9,12-13H,7H2,1-6H3;/q-1;;. The van der Waals surface area contributed by atoms with Gasteiger partial charge in [-0.2, -0.15) is 0 Å². The third kappa shape index (κ3) is 8.70. The van der Waals surface area contributed by atoms with E-state index in [4.69, 9.17) is 9.97 Å². The zero-order valence-corrected chi connectivity index (χ0v) is 24.1. The van der Waals surface area contributed by atoms with Crippen LogP contribution in [0.15, 0.2) is 54.6 Å². The number of aliphatic hydroxyl groups excluding tert-OH is 2. The molecule has 0 fully saturated rings. The van der Waals surface area contributed by atoms with Gasteiger partial charge in [0.15, 0.2) is 0 Å². The fourth-order valence-corrected chi connectivity index (χ4v) is 3.19. The minimum atomic E-state index is -0.443. The summed E-state index contributed by atoms with van der Waals surface area (Å²) in [5, 5.41) is 19.5. The van der Waals surface area contributed by atoms with Crippen LogP contribution >= 0.6 is 0 Å². The number of hydrogen-bond donors (Lipinski definition) is 2. The summed E-state index contributed by atoms with van der Waals surface area (Å²) >= 11 is 0. The molecule has 0 aliphatic carbocycles. The first-order valence-electron chi connectivity index (χ1n) is 11.5. The minimum Gasteiger partial charge on any atom is -0.392 e. The van der Waals surface area contributed by atoms with Crippen LogP contribution in [0.4, 0.5) is 0 Å². The summed E-state index contributed by atoms with van der Waals surface area (Å²) in [6, 6.07) is 21.2. The summed E-state index contributed by atoms with van der Waals surface area (Å²) in [4.78, 5) is 9.46. The summed E-state index contributed by atoms with van der Waals surface area (Å²) in [7, 11) is 0. The Hall–Kier alpha value is -1.91. The predicted molar refractivity (Wildman–Crippen MR) is 137 cm³/mol. The Kier molecular flexibility index (Phi) is 11.2. The van der Waals surface area contributed by atoms with Gasteiger partial charge in [0.05, 0.1) is 23.6 Å². The second kappa shape index (κ2) is 12.7. The van der Waals surface area contributed by atoms with Gasteiger partial charge in [0, 0.05) is 43.5 Å². The Morgan fingerprint density at radius 2 is 1.21 bits per heavy atom. The van der Waals surface area contributed by atoms with E-state index >= 15 is 0 Å². The van der Waals surface area contributed by atoms with Gasteiger partial charge in [0.2, 0.25) is 0 Å². The predicted octanol–water partition coefficient (Wildman–Crippen LogP) is 6.42. The largest absolute Gasteiger partial charge is 0.392 e. The van der Waals surface area contributed by atoms with Gasteiger partial charge in [0.1, 0.15) is 0 Å². The van der Waals surface area contributed by atoms with Crippen molar-refractivity contribution in [3.8, 4) is 22.5 Å². The smallest absolute Gasteiger partial charge is 0.0898 e. The van der Waals surface area contributed by atoms with Crippen LogP contribution in [0.5, 0.6) is 0 Å². The monoisotopic (exact) mass is 640 g/mol. The van der Waals surface area contributed by atoms with E-state index in [-0.39, 0.29) is 30.9 Å². The second-order valence-corrected chi connectivity index (χ2v) is 10.7. The number of benzene rings is 2. The van der Waals surface area contributed by atoms with Gasteiger partial charge in [0.25, 0.3) is 0 Å². The summed E-state index contributed by atoms with van der Waals surface area (Å²) in [5.74, 6) is 0. The van der Waals surface area contributed by atoms with E-state index in [0.717, 1.165) is 33.9 Å². The molecule has 0 amide bonds. The van der Waals surface area contributed by atoms with Crippen molar-refractivity contribution in [1.29, 1.82) is 0 Å². The topological polar surface area (TPSA) is 66.2 Å². The van der Waals surface area contributed by atoms with Gasteiger partial charge < -0.3 is 10.2 Å². The number of aryl methyl sites for hydroxylation is 2. The molecule has 2 N–H and O–H groups in total. The molecule has 0 spiro atoms. The van der Waals surface area contributed by atoms with Gasteiger partial charge in [-0.3, -0.25) is 9.97 Å². The van der Waals surface area contributed by atoms with E-state index in [0.29, 0.717) is 6.42 Å². The maximum Gasteiger partial charge on any atom is 0.0898 e. The fourth-order valence-electron chi connectivity index (χ4n) is 3.19. The first-order valence-corrected chi connectivity index (χ1v) is 11.5. The number of rotatable bonds is 4. The molecule has 5 heteroatoms. The molecule has 187 valence electrons. The molecule has 4 nitrogen and oxygen atoms in total. The molecule has 1 aromatic heterocycles. The molecule has 1 radical (unpaired) electrons. The molecular weight excluding hydrogens is 601 g/mol. The van der Waals surface area contributed by atoms with E-state index in [9.17, 15) is 10.2 Å². The Balaban J connectivity index is 0.000000364. The Labute approximate surface area is 219 Å². The van der Waals surface area contributed by atoms with Crippen molar-refractivity contribution in [1.82, 2.24) is 9.97 Å². The molecule has 2 aromatic carbocycles. The van der Waals surface area contributed by atoms with E-state index in [1.54, 1.807) is 0 Å². The van der Waals surface area contributed by atoms with Gasteiger partial charge in [-0.15, -0.1) is 35.9 Å². The van der Waals surface area contributed by atoms with Crippen molar-refractivity contribution < 1.29 is 30.3 Å². The SMILES string of the molecule is CC(C)(C)C(O)CC(O)C(C)(C)C.Cc1nc(-c2ccccc2)c(C)nc1-c1[c-]cccc1.[Ir]. The van der Waals surface area contributed by atoms with Gasteiger partial charge in [-0.05, 0) is 24.7 Å². The van der Waals surface area contributed by atoms with Crippen LogP contribution in [-0.2, 0) is 20.1 Å². The van der Waals surface area contributed by atoms with Crippen LogP contribution in [0.25, 0.3) is 22.5 Å². The molecule has 0 aliphatic heterocycles. The number of aromatic nitrogens is 2. The van der Waals surface area contributed by atoms with Crippen LogP contribution in [0, 0.1) is 30.7 Å². The summed E-state index contributed by atoms with van der Waals surface area (Å²) < 4.78 is 0. The molecule has 0 saturated carbocycles. The molecular formula is C29H39IrN2O2-. The molecule has 3 rings (SSSR count). The molecule has 0 bridgehead atoms. The summed E-state index contributed by atoms with van der Waals surface area (Å²) in [6.07, 6.45) is -0.434. The quantitative estimate of drug-likeness (QED) is 0.324. The van der Waals surface area contributed by atoms with Crippen LogP contribution in [-0.4, -0.2) is 32.4 Å². The summed E-state index contributed by atoms with van der Waals surface area (Å²) in [5.41, 5.74) is 5.51. The van der Waals surface area contributed by atoms with Crippen LogP contribution in [0.3, 0.4) is 0 Å². The first-order chi connectivity index (χ1) is 15.3. The maximum atomic E-state index is 9.76. The van der Waals surface area contributed by atoms with Gasteiger partial charge in [-0.1, -0.05) is 71.9 Å². The molecule has 0 aliphatic rings. The van der Waals surface area contributed by atoms with E-state index < -0.39 is 12.2 Å². The van der Waals surface area contributed by atoms with E-state index in [1.807, 2.05) is 97.9 Å². The average Bonchev–Trinajstić information content (AvgIpc) is 2.75. The normalized spacial score (nSPS) is 13.2. The Bertz CT molecular complexity index is 927. The average molecular weight is 640 g/mol. The van der Waals surface area contributed by atoms with Crippen LogP contribution < -0.4 is 0 Å². The molecule has 34 heavy (non-hydrogen) atoms. The van der Waals surface area contributed by atoms with Crippen LogP contribution in [0.1, 0.15) is 59.4 Å². The molecule has 2 atom stereocenters. The third-order valence-corrected chi connectivity index (χ3v) is 5.70. The van der Waals surface area contributed by atoms with Crippen molar-refractivity contribution in [2.24, 2.45) is 10.8 Å². The maximum absolute atomic E-state index is 9.76. The Morgan fingerprint density at radius 1 is 0.735 bits per heavy atom. The third-order valence-electron chi connectivity index (χ3n) is 5.70. The zero-order valence-electron chi connectivity index (χ0n) is 21.7. The second-order valence-electron chi connectivity index (χ2n) is 10.7. The van der Waals surface area contributed by atoms with Gasteiger partial charge >= 0.3 is 0 Å². The van der Waals surface area contributed by atoms with E-state index in [1.165, 1.54) is 0 Å². The minimum absolute atomic E-state index is 0. The van der Waals surface area contributed by atoms with Gasteiger partial charge in [-0.25, -0.2) is 0 Å².